The number of benzene rings is 3. The van der Waals surface area contributed by atoms with Gasteiger partial charge in [-0.15, -0.1) is 0 Å². The Labute approximate surface area is 229 Å². The Morgan fingerprint density at radius 3 is 2.49 bits per heavy atom. The maximum Gasteiger partial charge on any atom is 0.271 e. The number of hydrogen-bond acceptors (Lipinski definition) is 8. The zero-order valence-corrected chi connectivity index (χ0v) is 21.6. The van der Waals surface area contributed by atoms with Crippen LogP contribution in [0.1, 0.15) is 15.9 Å². The van der Waals surface area contributed by atoms with Crippen LogP contribution in [0.4, 0.5) is 5.95 Å². The Bertz CT molecular complexity index is 1520. The molecule has 0 bridgehead atoms. The second-order valence-corrected chi connectivity index (χ2v) is 9.18. The van der Waals surface area contributed by atoms with E-state index in [0.29, 0.717) is 37.9 Å². The predicted molar refractivity (Wildman–Crippen MR) is 148 cm³/mol. The number of nitrogens with one attached hydrogen (secondary N) is 1. The van der Waals surface area contributed by atoms with E-state index in [4.69, 9.17) is 16.3 Å². The number of phenolic OH excluding ortho intramolecular Hbond substituents is 1. The number of phenols is 1. The minimum Gasteiger partial charge on any atom is -0.506 e. The van der Waals surface area contributed by atoms with Crippen LogP contribution in [-0.4, -0.2) is 70.8 Å². The van der Waals surface area contributed by atoms with Gasteiger partial charge in [-0.05, 0) is 41.8 Å². The van der Waals surface area contributed by atoms with Crippen molar-refractivity contribution < 1.29 is 19.4 Å². The topological polar surface area (TPSA) is 120 Å². The van der Waals surface area contributed by atoms with Crippen LogP contribution in [0.15, 0.2) is 78.2 Å². The van der Waals surface area contributed by atoms with E-state index in [0.717, 1.165) is 16.3 Å². The second kappa shape index (κ2) is 11.8. The summed E-state index contributed by atoms with van der Waals surface area (Å²) in [4.78, 5) is 37.6. The number of aromatic nitrogens is 2. The van der Waals surface area contributed by atoms with Gasteiger partial charge >= 0.3 is 0 Å². The number of hydrogen-bond donors (Lipinski definition) is 2. The molecule has 1 aliphatic rings. The number of piperazine rings is 1. The molecule has 4 aromatic rings. The van der Waals surface area contributed by atoms with E-state index in [2.05, 4.69) is 25.4 Å². The van der Waals surface area contributed by atoms with Crippen molar-refractivity contribution in [2.45, 2.75) is 0 Å². The zero-order chi connectivity index (χ0) is 27.2. The molecule has 0 radical (unpaired) electrons. The van der Waals surface area contributed by atoms with Crippen LogP contribution in [-0.2, 0) is 4.79 Å². The van der Waals surface area contributed by atoms with Crippen molar-refractivity contribution in [2.75, 3.05) is 37.7 Å². The number of carbonyl (C=O) groups is 2. The molecule has 11 heteroatoms. The number of ether oxygens (including phenoxy) is 1. The number of anilines is 1. The number of carbonyl (C=O) groups excluding carboxylic acids is 2. The lowest BCUT2D eigenvalue weighted by Crippen LogP contribution is -2.50. The lowest BCUT2D eigenvalue weighted by molar-refractivity contribution is -0.133. The number of aromatic hydroxyl groups is 1. The first kappa shape index (κ1) is 25.9. The molecule has 0 saturated carbocycles. The molecule has 5 rings (SSSR count). The fourth-order valence-corrected chi connectivity index (χ4v) is 4.43. The quantitative estimate of drug-likeness (QED) is 0.270. The summed E-state index contributed by atoms with van der Waals surface area (Å²) < 4.78 is 5.95. The molecule has 1 saturated heterocycles. The van der Waals surface area contributed by atoms with Gasteiger partial charge in [0.25, 0.3) is 11.8 Å². The first-order valence-corrected chi connectivity index (χ1v) is 12.6. The Morgan fingerprint density at radius 2 is 1.74 bits per heavy atom. The maximum atomic E-state index is 12.8. The standard InChI is InChI=1S/C28H25ClN6O4/c29-23-16-19(6-8-24(23)36)27(38)33-32-17-20-7-9-25(22-5-2-1-4-21(20)22)39-18-26(37)34-12-14-35(15-13-34)28-30-10-3-11-31-28/h1-11,16-17,36H,12-15,18H2,(H,33,38)/b32-17+. The van der Waals surface area contributed by atoms with Crippen LogP contribution in [0.2, 0.25) is 5.02 Å². The molecule has 1 aliphatic heterocycles. The van der Waals surface area contributed by atoms with Crippen molar-refractivity contribution in [2.24, 2.45) is 5.10 Å². The minimum absolute atomic E-state index is 0.0789. The highest BCUT2D eigenvalue weighted by molar-refractivity contribution is 6.32. The molecule has 198 valence electrons. The van der Waals surface area contributed by atoms with Gasteiger partial charge in [0.2, 0.25) is 5.95 Å². The summed E-state index contributed by atoms with van der Waals surface area (Å²) in [6, 6.07) is 17.1. The van der Waals surface area contributed by atoms with E-state index in [9.17, 15) is 14.7 Å². The fourth-order valence-electron chi connectivity index (χ4n) is 4.25. The largest absolute Gasteiger partial charge is 0.506 e. The zero-order valence-electron chi connectivity index (χ0n) is 20.8. The lowest BCUT2D eigenvalue weighted by atomic mass is 10.0. The molecule has 2 amide bonds. The lowest BCUT2D eigenvalue weighted by Gasteiger charge is -2.34. The van der Waals surface area contributed by atoms with Crippen LogP contribution in [0, 0.1) is 0 Å². The SMILES string of the molecule is O=C(N/N=C/c1ccc(OCC(=O)N2CCN(c3ncccn3)CC2)c2ccccc12)c1ccc(O)c(Cl)c1. The van der Waals surface area contributed by atoms with Gasteiger partial charge in [0.05, 0.1) is 11.2 Å². The van der Waals surface area contributed by atoms with E-state index >= 15 is 0 Å². The first-order chi connectivity index (χ1) is 19.0. The van der Waals surface area contributed by atoms with Crippen LogP contribution in [0.25, 0.3) is 10.8 Å². The molecule has 0 spiro atoms. The van der Waals surface area contributed by atoms with Crippen LogP contribution >= 0.6 is 11.6 Å². The average molecular weight is 545 g/mol. The third kappa shape index (κ3) is 6.07. The molecular formula is C28H25ClN6O4. The summed E-state index contributed by atoms with van der Waals surface area (Å²) in [5.41, 5.74) is 3.48. The van der Waals surface area contributed by atoms with Gasteiger partial charge in [-0.25, -0.2) is 15.4 Å². The smallest absolute Gasteiger partial charge is 0.271 e. The van der Waals surface area contributed by atoms with Crippen LogP contribution in [0.3, 0.4) is 0 Å². The fraction of sp³-hybridized carbons (Fsp3) is 0.179. The van der Waals surface area contributed by atoms with Crippen molar-refractivity contribution >= 4 is 46.4 Å². The van der Waals surface area contributed by atoms with Crippen LogP contribution in [0.5, 0.6) is 11.5 Å². The van der Waals surface area contributed by atoms with Gasteiger partial charge in [0.1, 0.15) is 11.5 Å². The van der Waals surface area contributed by atoms with E-state index in [-0.39, 0.29) is 28.8 Å². The Balaban J connectivity index is 1.20. The molecule has 2 N–H and O–H groups in total. The molecule has 1 fully saturated rings. The third-order valence-electron chi connectivity index (χ3n) is 6.32. The molecular weight excluding hydrogens is 520 g/mol. The molecule has 0 atom stereocenters. The summed E-state index contributed by atoms with van der Waals surface area (Å²) >= 11 is 5.88. The summed E-state index contributed by atoms with van der Waals surface area (Å²) in [5.74, 6) is 0.590. The van der Waals surface area contributed by atoms with E-state index in [1.54, 1.807) is 29.4 Å². The van der Waals surface area contributed by atoms with Gasteiger partial charge in [0.15, 0.2) is 6.61 Å². The molecule has 3 aromatic carbocycles. The number of fused-ring (bicyclic) bond motifs is 1. The van der Waals surface area contributed by atoms with Crippen molar-refractivity contribution in [3.8, 4) is 11.5 Å². The van der Waals surface area contributed by atoms with Gasteiger partial charge in [-0.1, -0.05) is 35.9 Å². The van der Waals surface area contributed by atoms with Crippen molar-refractivity contribution in [3.05, 3.63) is 89.2 Å². The summed E-state index contributed by atoms with van der Waals surface area (Å²) in [6.45, 7) is 2.37. The van der Waals surface area contributed by atoms with E-state index in [1.807, 2.05) is 30.3 Å². The van der Waals surface area contributed by atoms with Crippen LogP contribution < -0.4 is 15.1 Å². The monoisotopic (exact) mass is 544 g/mol. The van der Waals surface area contributed by atoms with E-state index < -0.39 is 5.91 Å². The van der Waals surface area contributed by atoms with E-state index in [1.165, 1.54) is 24.4 Å². The summed E-state index contributed by atoms with van der Waals surface area (Å²) in [5, 5.41) is 15.3. The normalized spacial score (nSPS) is 13.6. The molecule has 2 heterocycles. The number of hydrazone groups is 1. The van der Waals surface area contributed by atoms with Gasteiger partial charge in [0, 0.05) is 55.1 Å². The molecule has 1 aromatic heterocycles. The highest BCUT2D eigenvalue weighted by atomic mass is 35.5. The third-order valence-corrected chi connectivity index (χ3v) is 6.62. The van der Waals surface area contributed by atoms with Gasteiger partial charge in [-0.2, -0.15) is 5.10 Å². The number of nitrogens with zero attached hydrogens (tertiary/aromatic N) is 5. The predicted octanol–water partition coefficient (Wildman–Crippen LogP) is 3.48. The molecule has 39 heavy (non-hydrogen) atoms. The maximum absolute atomic E-state index is 12.8. The summed E-state index contributed by atoms with van der Waals surface area (Å²) in [6.07, 6.45) is 4.95. The Morgan fingerprint density at radius 1 is 1.00 bits per heavy atom. The van der Waals surface area contributed by atoms with Crippen molar-refractivity contribution in [3.63, 3.8) is 0 Å². The Kier molecular flexibility index (Phi) is 7.83. The average Bonchev–Trinajstić information content (AvgIpc) is 2.98. The number of rotatable bonds is 7. The number of amides is 2. The van der Waals surface area contributed by atoms with Gasteiger partial charge < -0.3 is 19.6 Å². The molecule has 0 aliphatic carbocycles. The van der Waals surface area contributed by atoms with Crippen molar-refractivity contribution in [1.82, 2.24) is 20.3 Å². The molecule has 10 nitrogen and oxygen atoms in total. The highest BCUT2D eigenvalue weighted by Gasteiger charge is 2.23. The number of halogens is 1. The minimum atomic E-state index is -0.465. The van der Waals surface area contributed by atoms with Gasteiger partial charge in [-0.3, -0.25) is 9.59 Å². The second-order valence-electron chi connectivity index (χ2n) is 8.77. The summed E-state index contributed by atoms with van der Waals surface area (Å²) in [7, 11) is 0. The first-order valence-electron chi connectivity index (χ1n) is 12.3. The molecule has 0 unspecified atom stereocenters. The van der Waals surface area contributed by atoms with Crippen molar-refractivity contribution in [1.29, 1.82) is 0 Å². The Hall–Kier alpha value is -4.70. The highest BCUT2D eigenvalue weighted by Crippen LogP contribution is 2.28.